The lowest BCUT2D eigenvalue weighted by atomic mass is 9.81. The van der Waals surface area contributed by atoms with Crippen molar-refractivity contribution in [3.8, 4) is 5.88 Å². The van der Waals surface area contributed by atoms with Crippen LogP contribution in [-0.2, 0) is 20.7 Å². The minimum atomic E-state index is -1.13. The molecule has 134 valence electrons. The van der Waals surface area contributed by atoms with E-state index in [1.54, 1.807) is 4.90 Å². The lowest BCUT2D eigenvalue weighted by molar-refractivity contribution is -0.137. The first kappa shape index (κ1) is 15.7. The first-order chi connectivity index (χ1) is 12.5. The van der Waals surface area contributed by atoms with Crippen molar-refractivity contribution in [2.24, 2.45) is 5.92 Å². The summed E-state index contributed by atoms with van der Waals surface area (Å²) in [5, 5.41) is 0.710. The number of carbonyl (C=O) groups excluding carboxylic acids is 2. The zero-order chi connectivity index (χ0) is 18.2. The number of halogens is 2. The highest BCUT2D eigenvalue weighted by atomic mass is 32.1. The first-order valence-electron chi connectivity index (χ1n) is 8.09. The predicted octanol–water partition coefficient (Wildman–Crippen LogP) is 2.72. The number of hydrogen-bond acceptors (Lipinski definition) is 7. The van der Waals surface area contributed by atoms with Gasteiger partial charge in [0.05, 0.1) is 18.4 Å². The molecule has 1 aromatic rings. The van der Waals surface area contributed by atoms with Crippen LogP contribution in [0.2, 0.25) is 0 Å². The lowest BCUT2D eigenvalue weighted by Gasteiger charge is -2.47. The van der Waals surface area contributed by atoms with E-state index in [-0.39, 0.29) is 17.9 Å². The van der Waals surface area contributed by atoms with E-state index in [4.69, 9.17) is 9.47 Å². The van der Waals surface area contributed by atoms with Gasteiger partial charge in [-0.1, -0.05) is 0 Å². The van der Waals surface area contributed by atoms with Crippen molar-refractivity contribution in [3.05, 3.63) is 40.5 Å². The molecule has 0 fully saturated rings. The largest absolute Gasteiger partial charge is 0.480 e. The van der Waals surface area contributed by atoms with E-state index in [0.717, 1.165) is 5.56 Å². The molecular formula is C17H12F2N2O4S. The predicted molar refractivity (Wildman–Crippen MR) is 86.8 cm³/mol. The summed E-state index contributed by atoms with van der Waals surface area (Å²) < 4.78 is 43.7. The fourth-order valence-electron chi connectivity index (χ4n) is 4.00. The highest BCUT2D eigenvalue weighted by molar-refractivity contribution is 7.10. The minimum Gasteiger partial charge on any atom is -0.480 e. The number of Topliss-reactive ketones (excluding diaryl/α,β-unsaturated/α-hetero) is 2. The molecule has 1 aromatic heterocycles. The minimum absolute atomic E-state index is 0.0614. The summed E-state index contributed by atoms with van der Waals surface area (Å²) in [5.74, 6) is -3.99. The Morgan fingerprint density at radius 2 is 2.15 bits per heavy atom. The number of ketones is 2. The molecule has 0 radical (unpaired) electrons. The quantitative estimate of drug-likeness (QED) is 0.700. The standard InChI is InChI=1S/C17H12F2N2O4S/c1-24-16-7-4-6-5-8(18)11(19)15-12(6)21(17(7)26-20-16)9-2-3-10(22)13(23)14(9)25-15/h5-6,12H,2-4H2,1H3. The Kier molecular flexibility index (Phi) is 3.15. The van der Waals surface area contributed by atoms with E-state index >= 15 is 0 Å². The van der Waals surface area contributed by atoms with E-state index in [1.165, 1.54) is 24.7 Å². The third-order valence-electron chi connectivity index (χ3n) is 5.14. The maximum absolute atomic E-state index is 14.5. The summed E-state index contributed by atoms with van der Waals surface area (Å²) in [5.41, 5.74) is 1.30. The Labute approximate surface area is 150 Å². The van der Waals surface area contributed by atoms with Crippen molar-refractivity contribution in [1.29, 1.82) is 0 Å². The Bertz CT molecular complexity index is 977. The van der Waals surface area contributed by atoms with Gasteiger partial charge in [0.2, 0.25) is 11.7 Å². The molecule has 6 nitrogen and oxygen atoms in total. The maximum atomic E-state index is 14.5. The van der Waals surface area contributed by atoms with E-state index in [1.807, 2.05) is 0 Å². The van der Waals surface area contributed by atoms with Gasteiger partial charge >= 0.3 is 0 Å². The Hall–Kier alpha value is -2.55. The number of rotatable bonds is 1. The second-order valence-corrected chi connectivity index (χ2v) is 7.23. The molecule has 0 amide bonds. The van der Waals surface area contributed by atoms with Crippen LogP contribution in [0.25, 0.3) is 0 Å². The van der Waals surface area contributed by atoms with E-state index in [9.17, 15) is 18.4 Å². The van der Waals surface area contributed by atoms with Crippen LogP contribution in [0.5, 0.6) is 5.88 Å². The van der Waals surface area contributed by atoms with Crippen molar-refractivity contribution in [1.82, 2.24) is 4.37 Å². The van der Waals surface area contributed by atoms with Gasteiger partial charge in [0.1, 0.15) is 11.0 Å². The van der Waals surface area contributed by atoms with Crippen LogP contribution in [0.3, 0.4) is 0 Å². The van der Waals surface area contributed by atoms with Gasteiger partial charge in [0.25, 0.3) is 5.78 Å². The highest BCUT2D eigenvalue weighted by Crippen LogP contribution is 2.52. The Morgan fingerprint density at radius 1 is 1.35 bits per heavy atom. The third kappa shape index (κ3) is 1.86. The zero-order valence-corrected chi connectivity index (χ0v) is 14.4. The molecule has 0 saturated heterocycles. The lowest BCUT2D eigenvalue weighted by Crippen LogP contribution is -2.51. The van der Waals surface area contributed by atoms with Crippen LogP contribution in [0.15, 0.2) is 34.9 Å². The van der Waals surface area contributed by atoms with Gasteiger partial charge in [-0.05, 0) is 30.5 Å². The van der Waals surface area contributed by atoms with Crippen LogP contribution in [0.4, 0.5) is 13.8 Å². The number of nitrogens with zero attached hydrogens (tertiary/aromatic N) is 2. The van der Waals surface area contributed by atoms with Crippen LogP contribution in [-0.4, -0.2) is 29.1 Å². The summed E-state index contributed by atoms with van der Waals surface area (Å²) in [6.07, 6.45) is 2.01. The molecule has 5 rings (SSSR count). The number of allylic oxidation sites excluding steroid dienone is 4. The zero-order valence-electron chi connectivity index (χ0n) is 13.5. The molecule has 26 heavy (non-hydrogen) atoms. The normalized spacial score (nSPS) is 26.9. The molecule has 2 aliphatic carbocycles. The summed E-state index contributed by atoms with van der Waals surface area (Å²) >= 11 is 1.17. The molecule has 0 N–H and O–H groups in total. The number of aromatic nitrogens is 1. The number of fused-ring (bicyclic) bond motifs is 3. The average molecular weight is 378 g/mol. The molecule has 0 aromatic carbocycles. The molecule has 0 spiro atoms. The molecule has 4 aliphatic rings. The van der Waals surface area contributed by atoms with E-state index in [0.29, 0.717) is 29.4 Å². The van der Waals surface area contributed by atoms with E-state index in [2.05, 4.69) is 4.37 Å². The van der Waals surface area contributed by atoms with Crippen LogP contribution >= 0.6 is 11.5 Å². The monoisotopic (exact) mass is 378 g/mol. The summed E-state index contributed by atoms with van der Waals surface area (Å²) in [6, 6.07) is -0.605. The van der Waals surface area contributed by atoms with Crippen molar-refractivity contribution in [2.45, 2.75) is 25.3 Å². The molecule has 0 bridgehead atoms. The van der Waals surface area contributed by atoms with Gasteiger partial charge in [-0.15, -0.1) is 0 Å². The number of ether oxygens (including phenoxy) is 2. The molecule has 3 heterocycles. The molecule has 2 atom stereocenters. The Morgan fingerprint density at radius 3 is 2.92 bits per heavy atom. The highest BCUT2D eigenvalue weighted by Gasteiger charge is 2.51. The number of anilines is 1. The Balaban J connectivity index is 1.78. The van der Waals surface area contributed by atoms with Crippen molar-refractivity contribution < 1.29 is 27.8 Å². The average Bonchev–Trinajstić information content (AvgIpc) is 3.05. The van der Waals surface area contributed by atoms with Gasteiger partial charge in [0, 0.05) is 12.3 Å². The number of carbonyl (C=O) groups is 2. The second kappa shape index (κ2) is 5.23. The fourth-order valence-corrected chi connectivity index (χ4v) is 4.95. The van der Waals surface area contributed by atoms with Crippen LogP contribution < -0.4 is 9.64 Å². The van der Waals surface area contributed by atoms with Crippen LogP contribution in [0, 0.1) is 5.92 Å². The molecule has 0 saturated carbocycles. The van der Waals surface area contributed by atoms with Gasteiger partial charge in [-0.25, -0.2) is 4.39 Å². The van der Waals surface area contributed by atoms with Crippen molar-refractivity contribution in [3.63, 3.8) is 0 Å². The fraction of sp³-hybridized carbons (Fsp3) is 0.353. The molecule has 2 unspecified atom stereocenters. The van der Waals surface area contributed by atoms with Gasteiger partial charge in [-0.2, -0.15) is 8.76 Å². The smallest absolute Gasteiger partial charge is 0.265 e. The van der Waals surface area contributed by atoms with Crippen molar-refractivity contribution >= 4 is 28.1 Å². The van der Waals surface area contributed by atoms with Crippen LogP contribution in [0.1, 0.15) is 18.4 Å². The van der Waals surface area contributed by atoms with Crippen molar-refractivity contribution in [2.75, 3.05) is 12.0 Å². The van der Waals surface area contributed by atoms with Gasteiger partial charge in [0.15, 0.2) is 23.2 Å². The van der Waals surface area contributed by atoms with Gasteiger partial charge < -0.3 is 14.4 Å². The number of hydrogen-bond donors (Lipinski definition) is 0. The molecular weight excluding hydrogens is 366 g/mol. The summed E-state index contributed by atoms with van der Waals surface area (Å²) in [7, 11) is 1.50. The second-order valence-electron chi connectivity index (χ2n) is 6.48. The van der Waals surface area contributed by atoms with Gasteiger partial charge in [-0.3, -0.25) is 9.59 Å². The summed E-state index contributed by atoms with van der Waals surface area (Å²) in [6.45, 7) is 0. The topological polar surface area (TPSA) is 68.7 Å². The molecule has 2 aliphatic heterocycles. The summed E-state index contributed by atoms with van der Waals surface area (Å²) in [4.78, 5) is 25.9. The number of methoxy groups -OCH3 is 1. The van der Waals surface area contributed by atoms with E-state index < -0.39 is 35.2 Å². The molecule has 9 heteroatoms. The third-order valence-corrected chi connectivity index (χ3v) is 6.01. The maximum Gasteiger partial charge on any atom is 0.265 e. The first-order valence-corrected chi connectivity index (χ1v) is 8.86. The SMILES string of the molecule is COc1nsc2c1CC1C=C(F)C(F)=C3OC4=C(CCC(=O)C4=O)N2C31.